The summed E-state index contributed by atoms with van der Waals surface area (Å²) in [6.07, 6.45) is 1.77. The summed E-state index contributed by atoms with van der Waals surface area (Å²) in [7, 11) is -2.84. The molecule has 8 nitrogen and oxygen atoms in total. The number of halogens is 3. The summed E-state index contributed by atoms with van der Waals surface area (Å²) >= 11 is 19.4. The molecule has 0 spiro atoms. The molecule has 1 atom stereocenters. The van der Waals surface area contributed by atoms with Gasteiger partial charge in [-0.15, -0.1) is 0 Å². The maximum absolute atomic E-state index is 14.6. The number of nitrogens with one attached hydrogen (secondary N) is 1. The van der Waals surface area contributed by atoms with E-state index < -0.39 is 28.5 Å². The Morgan fingerprint density at radius 2 is 1.53 bits per heavy atom. The van der Waals surface area contributed by atoms with E-state index in [1.807, 2.05) is 37.3 Å². The van der Waals surface area contributed by atoms with E-state index in [0.717, 1.165) is 22.7 Å². The van der Waals surface area contributed by atoms with Gasteiger partial charge in [-0.1, -0.05) is 90.6 Å². The molecule has 0 fully saturated rings. The lowest BCUT2D eigenvalue weighted by atomic mass is 10.0. The smallest absolute Gasteiger partial charge is 0.264 e. The lowest BCUT2D eigenvalue weighted by Crippen LogP contribution is -2.53. The van der Waals surface area contributed by atoms with E-state index >= 15 is 0 Å². The number of carbonyl (C=O) groups is 2. The van der Waals surface area contributed by atoms with Crippen molar-refractivity contribution < 1.29 is 22.7 Å². The molecule has 4 aromatic rings. The average molecular weight is 717 g/mol. The third kappa shape index (κ3) is 9.41. The molecule has 12 heteroatoms. The number of hydrogen-bond donors (Lipinski definition) is 1. The van der Waals surface area contributed by atoms with Crippen LogP contribution in [0, 0.1) is 0 Å². The molecule has 0 saturated carbocycles. The Hall–Kier alpha value is -3.76. The van der Waals surface area contributed by atoms with E-state index in [1.165, 1.54) is 42.3 Å². The van der Waals surface area contributed by atoms with Crippen LogP contribution in [0.1, 0.15) is 30.9 Å². The Bertz CT molecular complexity index is 1750. The highest BCUT2D eigenvalue weighted by Crippen LogP contribution is 2.30. The van der Waals surface area contributed by atoms with Crippen LogP contribution in [-0.4, -0.2) is 51.4 Å². The highest BCUT2D eigenvalue weighted by molar-refractivity contribution is 7.92. The Morgan fingerprint density at radius 1 is 0.872 bits per heavy atom. The first kappa shape index (κ1) is 36.1. The topological polar surface area (TPSA) is 96.0 Å². The highest BCUT2D eigenvalue weighted by atomic mass is 35.5. The molecule has 2 amide bonds. The standard InChI is InChI=1S/C35H36Cl3N3O5S/c1-3-4-20-39-35(43)33(21-25-10-6-5-7-11-25)40(23-30-31(37)14-9-15-32(30)38)34(42)24-41(27-13-8-12-26(36)22-27)47(44,45)29-18-16-28(46-2)17-19-29/h5-19,22,33H,3-4,20-21,23-24H2,1-2H3,(H,39,43). The molecule has 47 heavy (non-hydrogen) atoms. The lowest BCUT2D eigenvalue weighted by Gasteiger charge is -2.34. The molecule has 0 bridgehead atoms. The summed E-state index contributed by atoms with van der Waals surface area (Å²) in [5, 5.41) is 3.84. The minimum absolute atomic E-state index is 0.0649. The van der Waals surface area contributed by atoms with Gasteiger partial charge < -0.3 is 15.0 Å². The predicted molar refractivity (Wildman–Crippen MR) is 188 cm³/mol. The monoisotopic (exact) mass is 715 g/mol. The van der Waals surface area contributed by atoms with E-state index in [-0.39, 0.29) is 34.5 Å². The van der Waals surface area contributed by atoms with Gasteiger partial charge in [-0.25, -0.2) is 8.42 Å². The zero-order valence-electron chi connectivity index (χ0n) is 26.0. The van der Waals surface area contributed by atoms with Crippen LogP contribution in [0.2, 0.25) is 15.1 Å². The number of rotatable bonds is 15. The molecule has 4 aromatic carbocycles. The van der Waals surface area contributed by atoms with Crippen molar-refractivity contribution in [2.75, 3.05) is 24.5 Å². The van der Waals surface area contributed by atoms with Crippen LogP contribution in [-0.2, 0) is 32.6 Å². The molecule has 1 N–H and O–H groups in total. The number of ether oxygens (including phenoxy) is 1. The first-order valence-electron chi connectivity index (χ1n) is 15.0. The highest BCUT2D eigenvalue weighted by Gasteiger charge is 2.35. The molecule has 248 valence electrons. The molecule has 0 saturated heterocycles. The zero-order chi connectivity index (χ0) is 34.0. The van der Waals surface area contributed by atoms with Crippen LogP contribution in [0.4, 0.5) is 5.69 Å². The van der Waals surface area contributed by atoms with E-state index in [4.69, 9.17) is 39.5 Å². The summed E-state index contributed by atoms with van der Waals surface area (Å²) < 4.78 is 34.6. The number of carbonyl (C=O) groups excluding carboxylic acids is 2. The Labute approximate surface area is 291 Å². The SMILES string of the molecule is CCCCNC(=O)C(Cc1ccccc1)N(Cc1c(Cl)cccc1Cl)C(=O)CN(c1cccc(Cl)c1)S(=O)(=O)c1ccc(OC)cc1. The van der Waals surface area contributed by atoms with E-state index in [0.29, 0.717) is 27.9 Å². The van der Waals surface area contributed by atoms with Crippen molar-refractivity contribution in [3.63, 3.8) is 0 Å². The van der Waals surface area contributed by atoms with Crippen molar-refractivity contribution in [1.29, 1.82) is 0 Å². The first-order valence-corrected chi connectivity index (χ1v) is 17.6. The van der Waals surface area contributed by atoms with Gasteiger partial charge >= 0.3 is 0 Å². The molecule has 0 heterocycles. The molecule has 1 unspecified atom stereocenters. The fourth-order valence-corrected chi connectivity index (χ4v) is 7.06. The summed E-state index contributed by atoms with van der Waals surface area (Å²) in [4.78, 5) is 29.7. The summed E-state index contributed by atoms with van der Waals surface area (Å²) in [5.41, 5.74) is 1.41. The van der Waals surface area contributed by atoms with E-state index in [9.17, 15) is 18.0 Å². The summed E-state index contributed by atoms with van der Waals surface area (Å²) in [5.74, 6) is -0.564. The van der Waals surface area contributed by atoms with Gasteiger partial charge in [-0.2, -0.15) is 0 Å². The maximum atomic E-state index is 14.6. The van der Waals surface area contributed by atoms with Gasteiger partial charge in [0.25, 0.3) is 10.0 Å². The average Bonchev–Trinajstić information content (AvgIpc) is 3.06. The molecular weight excluding hydrogens is 681 g/mol. The van der Waals surface area contributed by atoms with Gasteiger partial charge in [0.05, 0.1) is 17.7 Å². The van der Waals surface area contributed by atoms with Crippen molar-refractivity contribution in [2.24, 2.45) is 0 Å². The van der Waals surface area contributed by atoms with Crippen LogP contribution < -0.4 is 14.4 Å². The number of unbranched alkanes of at least 4 members (excludes halogenated alkanes) is 1. The largest absolute Gasteiger partial charge is 0.497 e. The first-order chi connectivity index (χ1) is 22.5. The van der Waals surface area contributed by atoms with Gasteiger partial charge in [0, 0.05) is 40.1 Å². The Kier molecular flexibility index (Phi) is 13.0. The Balaban J connectivity index is 1.82. The number of amides is 2. The number of benzene rings is 4. The molecule has 0 aliphatic carbocycles. The van der Waals surface area contributed by atoms with Crippen LogP contribution in [0.15, 0.2) is 102 Å². The number of nitrogens with zero attached hydrogens (tertiary/aromatic N) is 2. The molecule has 0 aromatic heterocycles. The summed E-state index contributed by atoms with van der Waals surface area (Å²) in [6.45, 7) is 1.62. The normalized spacial score (nSPS) is 11.9. The molecule has 0 radical (unpaired) electrons. The second-order valence-corrected chi connectivity index (χ2v) is 13.9. The number of methoxy groups -OCH3 is 1. The van der Waals surface area contributed by atoms with Gasteiger partial charge in [-0.3, -0.25) is 13.9 Å². The fraction of sp³-hybridized carbons (Fsp3) is 0.257. The van der Waals surface area contributed by atoms with Crippen molar-refractivity contribution in [1.82, 2.24) is 10.2 Å². The maximum Gasteiger partial charge on any atom is 0.264 e. The predicted octanol–water partition coefficient (Wildman–Crippen LogP) is 7.41. The van der Waals surface area contributed by atoms with Crippen LogP contribution in [0.3, 0.4) is 0 Å². The van der Waals surface area contributed by atoms with Gasteiger partial charge in [0.1, 0.15) is 18.3 Å². The van der Waals surface area contributed by atoms with E-state index in [2.05, 4.69) is 5.32 Å². The third-order valence-electron chi connectivity index (χ3n) is 7.51. The number of sulfonamides is 1. The molecule has 4 rings (SSSR count). The fourth-order valence-electron chi connectivity index (χ4n) is 4.95. The second-order valence-electron chi connectivity index (χ2n) is 10.7. The second kappa shape index (κ2) is 16.9. The van der Waals surface area contributed by atoms with Crippen molar-refractivity contribution in [2.45, 2.75) is 43.7 Å². The zero-order valence-corrected chi connectivity index (χ0v) is 29.1. The van der Waals surface area contributed by atoms with E-state index in [1.54, 1.807) is 36.4 Å². The number of anilines is 1. The Morgan fingerprint density at radius 3 is 2.15 bits per heavy atom. The minimum Gasteiger partial charge on any atom is -0.497 e. The van der Waals surface area contributed by atoms with Crippen LogP contribution in [0.25, 0.3) is 0 Å². The van der Waals surface area contributed by atoms with Crippen LogP contribution in [0.5, 0.6) is 5.75 Å². The quantitative estimate of drug-likeness (QED) is 0.129. The summed E-state index contributed by atoms with van der Waals surface area (Å²) in [6, 6.07) is 25.3. The minimum atomic E-state index is -4.32. The lowest BCUT2D eigenvalue weighted by molar-refractivity contribution is -0.140. The molecule has 0 aliphatic rings. The van der Waals surface area contributed by atoms with Gasteiger partial charge in [0.15, 0.2) is 0 Å². The molecular formula is C35H36Cl3N3O5S. The van der Waals surface area contributed by atoms with Crippen molar-refractivity contribution in [3.05, 3.63) is 123 Å². The van der Waals surface area contributed by atoms with Gasteiger partial charge in [-0.05, 0) is 66.6 Å². The van der Waals surface area contributed by atoms with Crippen molar-refractivity contribution in [3.8, 4) is 5.75 Å². The van der Waals surface area contributed by atoms with Gasteiger partial charge in [0.2, 0.25) is 11.8 Å². The molecule has 0 aliphatic heterocycles. The van der Waals surface area contributed by atoms with Crippen molar-refractivity contribution >= 4 is 62.3 Å². The third-order valence-corrected chi connectivity index (χ3v) is 10.2. The van der Waals surface area contributed by atoms with Crippen LogP contribution >= 0.6 is 34.8 Å². The number of hydrogen-bond acceptors (Lipinski definition) is 5.